The summed E-state index contributed by atoms with van der Waals surface area (Å²) in [6.07, 6.45) is 0.799. The van der Waals surface area contributed by atoms with Gasteiger partial charge in [-0.15, -0.1) is 21.5 Å². The maximum Gasteiger partial charge on any atom is 0.250 e. The predicted octanol–water partition coefficient (Wildman–Crippen LogP) is 2.85. The van der Waals surface area contributed by atoms with E-state index >= 15 is 0 Å². The molecule has 3 aromatic rings. The number of benzene rings is 1. The smallest absolute Gasteiger partial charge is 0.250 e. The Labute approximate surface area is 149 Å². The molecule has 132 valence electrons. The summed E-state index contributed by atoms with van der Waals surface area (Å²) in [5, 5.41) is 7.83. The van der Waals surface area contributed by atoms with Gasteiger partial charge in [0.2, 0.25) is 11.8 Å². The van der Waals surface area contributed by atoms with Gasteiger partial charge in [-0.1, -0.05) is 13.0 Å². The molecule has 9 heteroatoms. The predicted molar refractivity (Wildman–Crippen MR) is 94.0 cm³/mol. The molecule has 0 aliphatic rings. The lowest BCUT2D eigenvalue weighted by Crippen LogP contribution is -2.22. The monoisotopic (exact) mass is 379 g/mol. The van der Waals surface area contributed by atoms with Crippen molar-refractivity contribution in [1.29, 1.82) is 0 Å². The van der Waals surface area contributed by atoms with Gasteiger partial charge < -0.3 is 9.15 Å². The first-order valence-corrected chi connectivity index (χ1v) is 9.87. The number of hydrogen-bond donors (Lipinski definition) is 1. The van der Waals surface area contributed by atoms with Gasteiger partial charge in [0.05, 0.1) is 13.7 Å². The highest BCUT2D eigenvalue weighted by Crippen LogP contribution is 2.24. The molecule has 1 aromatic carbocycles. The van der Waals surface area contributed by atoms with Crippen molar-refractivity contribution in [2.45, 2.75) is 24.1 Å². The van der Waals surface area contributed by atoms with Crippen molar-refractivity contribution < 1.29 is 17.6 Å². The second-order valence-corrected chi connectivity index (χ2v) is 8.29. The fourth-order valence-corrected chi connectivity index (χ4v) is 4.43. The van der Waals surface area contributed by atoms with Crippen LogP contribution in [0.5, 0.6) is 5.75 Å². The van der Waals surface area contributed by atoms with Crippen molar-refractivity contribution >= 4 is 21.4 Å². The highest BCUT2D eigenvalue weighted by Gasteiger charge is 2.18. The summed E-state index contributed by atoms with van der Waals surface area (Å²) in [5.41, 5.74) is 0.701. The molecule has 3 rings (SSSR count). The SMILES string of the molecule is CCc1ccc(S(=O)(=O)NCc2nnc(-c3cccc(OC)c3)o2)s1. The molecule has 0 fully saturated rings. The van der Waals surface area contributed by atoms with Crippen molar-refractivity contribution in [3.8, 4) is 17.2 Å². The molecule has 25 heavy (non-hydrogen) atoms. The number of rotatable bonds is 7. The minimum Gasteiger partial charge on any atom is -0.497 e. The van der Waals surface area contributed by atoms with Gasteiger partial charge in [-0.25, -0.2) is 13.1 Å². The van der Waals surface area contributed by atoms with E-state index in [1.165, 1.54) is 11.3 Å². The zero-order valence-electron chi connectivity index (χ0n) is 13.7. The minimum atomic E-state index is -3.59. The third-order valence-corrected chi connectivity index (χ3v) is 6.57. The van der Waals surface area contributed by atoms with Crippen molar-refractivity contribution in [3.05, 3.63) is 47.2 Å². The molecule has 0 unspecified atom stereocenters. The van der Waals surface area contributed by atoms with E-state index in [4.69, 9.17) is 9.15 Å². The van der Waals surface area contributed by atoms with Crippen LogP contribution >= 0.6 is 11.3 Å². The zero-order chi connectivity index (χ0) is 17.9. The summed E-state index contributed by atoms with van der Waals surface area (Å²) >= 11 is 1.25. The number of thiophene rings is 1. The van der Waals surface area contributed by atoms with Crippen molar-refractivity contribution in [1.82, 2.24) is 14.9 Å². The average molecular weight is 379 g/mol. The third-order valence-electron chi connectivity index (χ3n) is 3.45. The lowest BCUT2D eigenvalue weighted by atomic mass is 10.2. The number of methoxy groups -OCH3 is 1. The van der Waals surface area contributed by atoms with Gasteiger partial charge in [0.25, 0.3) is 10.0 Å². The third kappa shape index (κ3) is 4.06. The Morgan fingerprint density at radius 1 is 1.24 bits per heavy atom. The average Bonchev–Trinajstić information content (AvgIpc) is 3.30. The van der Waals surface area contributed by atoms with E-state index in [9.17, 15) is 8.42 Å². The van der Waals surface area contributed by atoms with Crippen LogP contribution in [0.2, 0.25) is 0 Å². The number of ether oxygens (including phenoxy) is 1. The molecule has 2 aromatic heterocycles. The summed E-state index contributed by atoms with van der Waals surface area (Å²) in [6, 6.07) is 10.6. The van der Waals surface area contributed by atoms with Crippen molar-refractivity contribution in [2.24, 2.45) is 0 Å². The van der Waals surface area contributed by atoms with Crippen molar-refractivity contribution in [3.63, 3.8) is 0 Å². The Morgan fingerprint density at radius 3 is 2.80 bits per heavy atom. The number of aromatic nitrogens is 2. The number of nitrogens with one attached hydrogen (secondary N) is 1. The Kier molecular flexibility index (Phi) is 5.16. The molecule has 0 amide bonds. The van der Waals surface area contributed by atoms with Crippen LogP contribution < -0.4 is 9.46 Å². The molecule has 0 radical (unpaired) electrons. The van der Waals surface area contributed by atoms with Gasteiger partial charge in [-0.3, -0.25) is 0 Å². The van der Waals surface area contributed by atoms with E-state index < -0.39 is 10.0 Å². The highest BCUT2D eigenvalue weighted by molar-refractivity contribution is 7.91. The summed E-state index contributed by atoms with van der Waals surface area (Å²) in [4.78, 5) is 1.01. The van der Waals surface area contributed by atoms with Crippen LogP contribution in [0, 0.1) is 0 Å². The second kappa shape index (κ2) is 7.34. The Morgan fingerprint density at radius 2 is 2.08 bits per heavy atom. The van der Waals surface area contributed by atoms with Crippen LogP contribution in [0.1, 0.15) is 17.7 Å². The van der Waals surface area contributed by atoms with E-state index in [0.29, 0.717) is 17.2 Å². The minimum absolute atomic E-state index is 0.0708. The molecule has 0 saturated carbocycles. The molecule has 0 spiro atoms. The summed E-state index contributed by atoms with van der Waals surface area (Å²) in [6.45, 7) is 1.91. The van der Waals surface area contributed by atoms with Gasteiger partial charge in [-0.2, -0.15) is 0 Å². The van der Waals surface area contributed by atoms with Gasteiger partial charge in [0.15, 0.2) is 0 Å². The molecule has 0 aliphatic heterocycles. The van der Waals surface area contributed by atoms with E-state index in [1.807, 2.05) is 25.1 Å². The normalized spacial score (nSPS) is 11.6. The maximum absolute atomic E-state index is 12.3. The molecule has 0 bridgehead atoms. The van der Waals surface area contributed by atoms with Gasteiger partial charge in [-0.05, 0) is 36.8 Å². The van der Waals surface area contributed by atoms with E-state index in [1.54, 1.807) is 25.3 Å². The van der Waals surface area contributed by atoms with Gasteiger partial charge in [0, 0.05) is 10.4 Å². The molecule has 7 nitrogen and oxygen atoms in total. The Hall–Kier alpha value is -2.23. The first-order chi connectivity index (χ1) is 12.0. The summed E-state index contributed by atoms with van der Waals surface area (Å²) in [7, 11) is -2.02. The zero-order valence-corrected chi connectivity index (χ0v) is 15.4. The number of aryl methyl sites for hydroxylation is 1. The van der Waals surface area contributed by atoms with Gasteiger partial charge >= 0.3 is 0 Å². The van der Waals surface area contributed by atoms with E-state index in [2.05, 4.69) is 14.9 Å². The lowest BCUT2D eigenvalue weighted by molar-refractivity contribution is 0.414. The summed E-state index contributed by atoms with van der Waals surface area (Å²) in [5.74, 6) is 1.16. The van der Waals surface area contributed by atoms with Crippen LogP contribution in [0.15, 0.2) is 45.0 Å². The Bertz CT molecular complexity index is 963. The highest BCUT2D eigenvalue weighted by atomic mass is 32.2. The second-order valence-electron chi connectivity index (χ2n) is 5.13. The van der Waals surface area contributed by atoms with Crippen LogP contribution in [-0.4, -0.2) is 25.7 Å². The molecule has 0 aliphatic carbocycles. The summed E-state index contributed by atoms with van der Waals surface area (Å²) < 4.78 is 38.0. The molecular weight excluding hydrogens is 362 g/mol. The van der Waals surface area contributed by atoms with Crippen LogP contribution in [0.4, 0.5) is 0 Å². The Balaban J connectivity index is 1.71. The maximum atomic E-state index is 12.3. The number of nitrogens with zero attached hydrogens (tertiary/aromatic N) is 2. The first-order valence-electron chi connectivity index (χ1n) is 7.57. The van der Waals surface area contributed by atoms with Gasteiger partial charge in [0.1, 0.15) is 9.96 Å². The van der Waals surface area contributed by atoms with Crippen LogP contribution in [0.25, 0.3) is 11.5 Å². The standard InChI is InChI=1S/C16H17N3O4S2/c1-3-13-7-8-15(24-13)25(20,21)17-10-14-18-19-16(23-14)11-5-4-6-12(9-11)22-2/h4-9,17H,3,10H2,1-2H3. The van der Waals surface area contributed by atoms with Crippen LogP contribution in [-0.2, 0) is 23.0 Å². The quantitative estimate of drug-likeness (QED) is 0.678. The molecule has 2 heterocycles. The lowest BCUT2D eigenvalue weighted by Gasteiger charge is -2.02. The molecule has 0 saturated heterocycles. The fraction of sp³-hybridized carbons (Fsp3) is 0.250. The topological polar surface area (TPSA) is 94.3 Å². The molecular formula is C16H17N3O4S2. The largest absolute Gasteiger partial charge is 0.497 e. The molecule has 0 atom stereocenters. The van der Waals surface area contributed by atoms with E-state index in [-0.39, 0.29) is 16.6 Å². The fourth-order valence-electron chi connectivity index (χ4n) is 2.12. The molecule has 1 N–H and O–H groups in total. The van der Waals surface area contributed by atoms with Crippen molar-refractivity contribution in [2.75, 3.05) is 7.11 Å². The first kappa shape index (κ1) is 17.6. The number of hydrogen-bond acceptors (Lipinski definition) is 7. The van der Waals surface area contributed by atoms with E-state index in [0.717, 1.165) is 11.3 Å². The number of sulfonamides is 1. The van der Waals surface area contributed by atoms with Crippen LogP contribution in [0.3, 0.4) is 0 Å².